The van der Waals surface area contributed by atoms with E-state index in [0.717, 1.165) is 6.54 Å². The van der Waals surface area contributed by atoms with Crippen LogP contribution < -0.4 is 5.32 Å². The molecule has 2 rings (SSSR count). The molecule has 0 radical (unpaired) electrons. The summed E-state index contributed by atoms with van der Waals surface area (Å²) in [6, 6.07) is 4.65. The number of rotatable bonds is 3. The first-order valence-corrected chi connectivity index (χ1v) is 5.33. The van der Waals surface area contributed by atoms with Gasteiger partial charge in [0.1, 0.15) is 5.82 Å². The van der Waals surface area contributed by atoms with Crippen molar-refractivity contribution >= 4 is 17.5 Å². The van der Waals surface area contributed by atoms with Crippen LogP contribution in [-0.4, -0.2) is 16.1 Å². The summed E-state index contributed by atoms with van der Waals surface area (Å²) in [7, 11) is 0. The molecule has 0 spiro atoms. The van der Waals surface area contributed by atoms with Gasteiger partial charge in [0.2, 0.25) is 5.95 Å². The minimum absolute atomic E-state index is 0.119. The smallest absolute Gasteiger partial charge is 0.207 e. The van der Waals surface area contributed by atoms with Crippen LogP contribution in [0.15, 0.2) is 30.6 Å². The molecular weight excluding hydrogens is 229 g/mol. The predicted molar refractivity (Wildman–Crippen MR) is 62.7 cm³/mol. The van der Waals surface area contributed by atoms with Gasteiger partial charge < -0.3 is 5.32 Å². The molecule has 0 fully saturated rings. The zero-order chi connectivity index (χ0) is 11.5. The maximum Gasteiger partial charge on any atom is 0.207 e. The van der Waals surface area contributed by atoms with Crippen LogP contribution in [0.5, 0.6) is 0 Å². The molecule has 0 amide bonds. The first-order valence-electron chi connectivity index (χ1n) is 4.95. The number of hydrogen-bond donors (Lipinski definition) is 1. The predicted octanol–water partition coefficient (Wildman–Crippen LogP) is 3.10. The van der Waals surface area contributed by atoms with E-state index in [1.807, 2.05) is 6.92 Å². The van der Waals surface area contributed by atoms with Crippen molar-refractivity contribution in [3.05, 3.63) is 41.4 Å². The molecule has 1 N–H and O–H groups in total. The van der Waals surface area contributed by atoms with Crippen LogP contribution in [0.2, 0.25) is 5.02 Å². The molecule has 0 unspecified atom stereocenters. The van der Waals surface area contributed by atoms with Gasteiger partial charge in [-0.1, -0.05) is 11.6 Å². The van der Waals surface area contributed by atoms with E-state index in [0.29, 0.717) is 11.6 Å². The van der Waals surface area contributed by atoms with Crippen molar-refractivity contribution in [1.82, 2.24) is 9.55 Å². The van der Waals surface area contributed by atoms with Gasteiger partial charge in [-0.05, 0) is 25.1 Å². The highest BCUT2D eigenvalue weighted by Gasteiger charge is 2.06. The van der Waals surface area contributed by atoms with Crippen molar-refractivity contribution in [2.75, 3.05) is 11.9 Å². The van der Waals surface area contributed by atoms with Crippen LogP contribution in [0.25, 0.3) is 5.69 Å². The molecule has 5 heteroatoms. The first-order chi connectivity index (χ1) is 7.72. The maximum atomic E-state index is 13.3. The second-order valence-electron chi connectivity index (χ2n) is 3.25. The minimum atomic E-state index is -0.435. The Bertz CT molecular complexity index is 496. The number of imidazole rings is 1. The fraction of sp³-hybridized carbons (Fsp3) is 0.182. The maximum absolute atomic E-state index is 13.3. The molecule has 1 aromatic heterocycles. The molecule has 84 valence electrons. The van der Waals surface area contributed by atoms with Crippen molar-refractivity contribution in [2.24, 2.45) is 0 Å². The molecular formula is C11H11ClFN3. The van der Waals surface area contributed by atoms with Crippen molar-refractivity contribution in [2.45, 2.75) is 6.92 Å². The van der Waals surface area contributed by atoms with Crippen LogP contribution in [-0.2, 0) is 0 Å². The van der Waals surface area contributed by atoms with Gasteiger partial charge >= 0.3 is 0 Å². The normalized spacial score (nSPS) is 10.4. The fourth-order valence-electron chi connectivity index (χ4n) is 1.44. The third-order valence-electron chi connectivity index (χ3n) is 2.16. The summed E-state index contributed by atoms with van der Waals surface area (Å²) in [6.45, 7) is 2.73. The van der Waals surface area contributed by atoms with Crippen LogP contribution in [0.4, 0.5) is 10.3 Å². The van der Waals surface area contributed by atoms with Gasteiger partial charge in [0.05, 0.1) is 10.7 Å². The Labute approximate surface area is 97.9 Å². The van der Waals surface area contributed by atoms with Gasteiger partial charge in [-0.2, -0.15) is 0 Å². The van der Waals surface area contributed by atoms with Gasteiger partial charge in [-0.25, -0.2) is 9.37 Å². The number of nitrogens with zero attached hydrogens (tertiary/aromatic N) is 2. The first kappa shape index (κ1) is 11.0. The Morgan fingerprint density at radius 1 is 1.50 bits per heavy atom. The summed E-state index contributed by atoms with van der Waals surface area (Å²) in [5.74, 6) is 0.250. The SMILES string of the molecule is CCNc1nccn1-c1ccc(Cl)c(F)c1. The lowest BCUT2D eigenvalue weighted by molar-refractivity contribution is 0.627. The molecule has 0 bridgehead atoms. The van der Waals surface area contributed by atoms with Crippen molar-refractivity contribution in [3.63, 3.8) is 0 Å². The van der Waals surface area contributed by atoms with Crippen molar-refractivity contribution in [3.8, 4) is 5.69 Å². The molecule has 3 nitrogen and oxygen atoms in total. The zero-order valence-electron chi connectivity index (χ0n) is 8.74. The number of benzene rings is 1. The molecule has 0 atom stereocenters. The van der Waals surface area contributed by atoms with E-state index in [4.69, 9.17) is 11.6 Å². The lowest BCUT2D eigenvalue weighted by Crippen LogP contribution is -2.05. The lowest BCUT2D eigenvalue weighted by Gasteiger charge is -2.08. The molecule has 0 aliphatic carbocycles. The molecule has 1 aromatic carbocycles. The van der Waals surface area contributed by atoms with E-state index in [-0.39, 0.29) is 5.02 Å². The molecule has 0 aliphatic heterocycles. The summed E-state index contributed by atoms with van der Waals surface area (Å²) < 4.78 is 15.1. The molecule has 2 aromatic rings. The van der Waals surface area contributed by atoms with Crippen molar-refractivity contribution in [1.29, 1.82) is 0 Å². The van der Waals surface area contributed by atoms with Gasteiger partial charge in [-0.3, -0.25) is 4.57 Å². The summed E-state index contributed by atoms with van der Waals surface area (Å²) in [5, 5.41) is 3.20. The number of aromatic nitrogens is 2. The van der Waals surface area contributed by atoms with E-state index in [1.54, 1.807) is 23.0 Å². The highest BCUT2D eigenvalue weighted by Crippen LogP contribution is 2.20. The average Bonchev–Trinajstić information content (AvgIpc) is 2.71. The van der Waals surface area contributed by atoms with Gasteiger partial charge in [0.15, 0.2) is 0 Å². The second kappa shape index (κ2) is 4.53. The molecule has 1 heterocycles. The van der Waals surface area contributed by atoms with Gasteiger partial charge in [0, 0.05) is 18.9 Å². The average molecular weight is 240 g/mol. The third kappa shape index (κ3) is 2.02. The summed E-state index contributed by atoms with van der Waals surface area (Å²) >= 11 is 5.63. The van der Waals surface area contributed by atoms with Crippen LogP contribution in [0, 0.1) is 5.82 Å². The lowest BCUT2D eigenvalue weighted by atomic mass is 10.3. The minimum Gasteiger partial charge on any atom is -0.356 e. The van der Waals surface area contributed by atoms with Crippen LogP contribution >= 0.6 is 11.6 Å². The highest BCUT2D eigenvalue weighted by atomic mass is 35.5. The summed E-state index contributed by atoms with van der Waals surface area (Å²) in [5.41, 5.74) is 0.690. The Morgan fingerprint density at radius 2 is 2.31 bits per heavy atom. The van der Waals surface area contributed by atoms with E-state index in [2.05, 4.69) is 10.3 Å². The number of halogens is 2. The van der Waals surface area contributed by atoms with Crippen LogP contribution in [0.1, 0.15) is 6.92 Å². The molecule has 0 saturated heterocycles. The van der Waals surface area contributed by atoms with E-state index >= 15 is 0 Å². The summed E-state index contributed by atoms with van der Waals surface area (Å²) in [4.78, 5) is 4.13. The Hall–Kier alpha value is -1.55. The van der Waals surface area contributed by atoms with Crippen LogP contribution in [0.3, 0.4) is 0 Å². The second-order valence-corrected chi connectivity index (χ2v) is 3.66. The quantitative estimate of drug-likeness (QED) is 0.892. The number of nitrogens with one attached hydrogen (secondary N) is 1. The van der Waals surface area contributed by atoms with Gasteiger partial charge in [-0.15, -0.1) is 0 Å². The Morgan fingerprint density at radius 3 is 3.00 bits per heavy atom. The molecule has 0 saturated carbocycles. The highest BCUT2D eigenvalue weighted by molar-refractivity contribution is 6.30. The Kier molecular flexibility index (Phi) is 3.10. The standard InChI is InChI=1S/C11H11ClFN3/c1-2-14-11-15-5-6-16(11)8-3-4-9(12)10(13)7-8/h3-7H,2H2,1H3,(H,14,15). The number of anilines is 1. The molecule has 0 aliphatic rings. The monoisotopic (exact) mass is 239 g/mol. The Balaban J connectivity index is 2.42. The van der Waals surface area contributed by atoms with Crippen molar-refractivity contribution < 1.29 is 4.39 Å². The molecule has 16 heavy (non-hydrogen) atoms. The third-order valence-corrected chi connectivity index (χ3v) is 2.46. The van der Waals surface area contributed by atoms with Gasteiger partial charge in [0.25, 0.3) is 0 Å². The number of hydrogen-bond acceptors (Lipinski definition) is 2. The topological polar surface area (TPSA) is 29.9 Å². The van der Waals surface area contributed by atoms with E-state index in [1.165, 1.54) is 12.1 Å². The van der Waals surface area contributed by atoms with E-state index < -0.39 is 5.82 Å². The largest absolute Gasteiger partial charge is 0.356 e. The summed E-state index contributed by atoms with van der Waals surface area (Å²) in [6.07, 6.45) is 3.42. The van der Waals surface area contributed by atoms with E-state index in [9.17, 15) is 4.39 Å². The fourth-order valence-corrected chi connectivity index (χ4v) is 1.55. The zero-order valence-corrected chi connectivity index (χ0v) is 9.50.